The molecule has 4 nitrogen and oxygen atoms in total. The summed E-state index contributed by atoms with van der Waals surface area (Å²) >= 11 is 1.43. The standard InChI is InChI=1S/C15H16FN3OS/c1-8-2-4-11(16)10(6-8)14(20)19-15-18-12-5-3-9(17)7-13(12)21-15/h2,4,6,9H,3,5,7,17H2,1H3,(H,18,19,20)/t9-/m0/s1. The Labute approximate surface area is 126 Å². The smallest absolute Gasteiger partial charge is 0.260 e. The Morgan fingerprint density at radius 1 is 1.52 bits per heavy atom. The predicted octanol–water partition coefficient (Wildman–Crippen LogP) is 2.66. The Balaban J connectivity index is 1.80. The number of halogens is 1. The number of benzene rings is 1. The summed E-state index contributed by atoms with van der Waals surface area (Å²) in [6, 6.07) is 4.63. The van der Waals surface area contributed by atoms with Crippen LogP contribution in [0.15, 0.2) is 18.2 Å². The number of aryl methyl sites for hydroxylation is 2. The number of amides is 1. The summed E-state index contributed by atoms with van der Waals surface area (Å²) in [4.78, 5) is 17.7. The van der Waals surface area contributed by atoms with Crippen LogP contribution in [0.5, 0.6) is 0 Å². The average Bonchev–Trinajstić information content (AvgIpc) is 2.82. The van der Waals surface area contributed by atoms with Gasteiger partial charge in [0.15, 0.2) is 5.13 Å². The van der Waals surface area contributed by atoms with Gasteiger partial charge in [-0.1, -0.05) is 11.6 Å². The van der Waals surface area contributed by atoms with E-state index >= 15 is 0 Å². The average molecular weight is 305 g/mol. The Hall–Kier alpha value is -1.79. The third-order valence-electron chi connectivity index (χ3n) is 3.56. The molecule has 0 saturated carbocycles. The number of carbonyl (C=O) groups is 1. The van der Waals surface area contributed by atoms with Gasteiger partial charge in [-0.25, -0.2) is 9.37 Å². The van der Waals surface area contributed by atoms with Gasteiger partial charge in [0.2, 0.25) is 0 Å². The monoisotopic (exact) mass is 305 g/mol. The van der Waals surface area contributed by atoms with Crippen molar-refractivity contribution in [1.82, 2.24) is 4.98 Å². The number of hydrogen-bond acceptors (Lipinski definition) is 4. The summed E-state index contributed by atoms with van der Waals surface area (Å²) in [6.07, 6.45) is 2.54. The lowest BCUT2D eigenvalue weighted by Crippen LogP contribution is -2.27. The van der Waals surface area contributed by atoms with Crippen LogP contribution >= 0.6 is 11.3 Å². The summed E-state index contributed by atoms with van der Waals surface area (Å²) in [5.74, 6) is -0.993. The summed E-state index contributed by atoms with van der Waals surface area (Å²) in [5.41, 5.74) is 7.81. The fourth-order valence-electron chi connectivity index (χ4n) is 2.43. The molecule has 0 saturated heterocycles. The van der Waals surface area contributed by atoms with E-state index in [1.165, 1.54) is 23.5 Å². The molecule has 3 N–H and O–H groups in total. The minimum absolute atomic E-state index is 0.0415. The van der Waals surface area contributed by atoms with Crippen LogP contribution in [0.25, 0.3) is 0 Å². The van der Waals surface area contributed by atoms with Crippen LogP contribution in [0.3, 0.4) is 0 Å². The SMILES string of the molecule is Cc1ccc(F)c(C(=O)Nc2nc3c(s2)C[C@@H](N)CC3)c1. The van der Waals surface area contributed by atoms with Crippen molar-refractivity contribution in [2.45, 2.75) is 32.2 Å². The second kappa shape index (κ2) is 5.54. The van der Waals surface area contributed by atoms with Crippen LogP contribution < -0.4 is 11.1 Å². The number of nitrogens with two attached hydrogens (primary N) is 1. The van der Waals surface area contributed by atoms with E-state index < -0.39 is 11.7 Å². The van der Waals surface area contributed by atoms with Crippen molar-refractivity contribution in [2.24, 2.45) is 5.73 Å². The van der Waals surface area contributed by atoms with Crippen LogP contribution in [0.2, 0.25) is 0 Å². The van der Waals surface area contributed by atoms with Crippen molar-refractivity contribution >= 4 is 22.4 Å². The van der Waals surface area contributed by atoms with E-state index in [0.29, 0.717) is 5.13 Å². The number of anilines is 1. The van der Waals surface area contributed by atoms with E-state index in [4.69, 9.17) is 5.73 Å². The zero-order chi connectivity index (χ0) is 15.0. The zero-order valence-electron chi connectivity index (χ0n) is 11.6. The zero-order valence-corrected chi connectivity index (χ0v) is 12.5. The molecular weight excluding hydrogens is 289 g/mol. The molecule has 1 amide bonds. The van der Waals surface area contributed by atoms with Gasteiger partial charge in [0, 0.05) is 10.9 Å². The topological polar surface area (TPSA) is 68.0 Å². The third-order valence-corrected chi connectivity index (χ3v) is 4.60. The maximum Gasteiger partial charge on any atom is 0.260 e. The Morgan fingerprint density at radius 3 is 3.14 bits per heavy atom. The fraction of sp³-hybridized carbons (Fsp3) is 0.333. The Bertz CT molecular complexity index is 698. The van der Waals surface area contributed by atoms with Gasteiger partial charge in [0.1, 0.15) is 5.82 Å². The molecule has 1 atom stereocenters. The summed E-state index contributed by atoms with van der Waals surface area (Å²) in [6.45, 7) is 1.82. The summed E-state index contributed by atoms with van der Waals surface area (Å²) in [5, 5.41) is 3.20. The Kier molecular flexibility index (Phi) is 3.73. The molecule has 21 heavy (non-hydrogen) atoms. The maximum absolute atomic E-state index is 13.7. The van der Waals surface area contributed by atoms with E-state index in [0.717, 1.165) is 35.4 Å². The number of aromatic nitrogens is 1. The largest absolute Gasteiger partial charge is 0.327 e. The van der Waals surface area contributed by atoms with E-state index in [2.05, 4.69) is 10.3 Å². The predicted molar refractivity (Wildman–Crippen MR) is 81.2 cm³/mol. The molecule has 6 heteroatoms. The highest BCUT2D eigenvalue weighted by Crippen LogP contribution is 2.29. The minimum Gasteiger partial charge on any atom is -0.327 e. The lowest BCUT2D eigenvalue weighted by Gasteiger charge is -2.15. The van der Waals surface area contributed by atoms with Gasteiger partial charge < -0.3 is 5.73 Å². The van der Waals surface area contributed by atoms with Crippen molar-refractivity contribution in [3.8, 4) is 0 Å². The van der Waals surface area contributed by atoms with Crippen molar-refractivity contribution in [3.05, 3.63) is 45.7 Å². The number of thiazole rings is 1. The molecular formula is C15H16FN3OS. The van der Waals surface area contributed by atoms with Crippen LogP contribution in [0.4, 0.5) is 9.52 Å². The molecule has 1 aliphatic carbocycles. The molecule has 0 spiro atoms. The lowest BCUT2D eigenvalue weighted by atomic mass is 9.99. The second-order valence-corrected chi connectivity index (χ2v) is 6.41. The highest BCUT2D eigenvalue weighted by atomic mass is 32.1. The van der Waals surface area contributed by atoms with Gasteiger partial charge in [-0.3, -0.25) is 10.1 Å². The molecule has 1 aromatic heterocycles. The summed E-state index contributed by atoms with van der Waals surface area (Å²) in [7, 11) is 0. The van der Waals surface area contributed by atoms with E-state index in [-0.39, 0.29) is 11.6 Å². The number of hydrogen-bond donors (Lipinski definition) is 2. The number of nitrogens with zero attached hydrogens (tertiary/aromatic N) is 1. The van der Waals surface area contributed by atoms with E-state index in [1.54, 1.807) is 6.07 Å². The van der Waals surface area contributed by atoms with Gasteiger partial charge in [0.25, 0.3) is 5.91 Å². The molecule has 1 heterocycles. The van der Waals surface area contributed by atoms with Gasteiger partial charge >= 0.3 is 0 Å². The van der Waals surface area contributed by atoms with Crippen molar-refractivity contribution in [1.29, 1.82) is 0 Å². The number of nitrogens with one attached hydrogen (secondary N) is 1. The molecule has 0 radical (unpaired) electrons. The van der Waals surface area contributed by atoms with Crippen LogP contribution in [0.1, 0.15) is 32.9 Å². The first-order chi connectivity index (χ1) is 10.0. The molecule has 0 aliphatic heterocycles. The molecule has 1 aliphatic rings. The molecule has 0 unspecified atom stereocenters. The first kappa shape index (κ1) is 14.2. The summed E-state index contributed by atoms with van der Waals surface area (Å²) < 4.78 is 13.7. The van der Waals surface area contributed by atoms with Crippen LogP contribution in [-0.4, -0.2) is 16.9 Å². The first-order valence-electron chi connectivity index (χ1n) is 6.84. The first-order valence-corrected chi connectivity index (χ1v) is 7.66. The fourth-order valence-corrected chi connectivity index (χ4v) is 3.53. The highest BCUT2D eigenvalue weighted by molar-refractivity contribution is 7.15. The van der Waals surface area contributed by atoms with Crippen molar-refractivity contribution in [3.63, 3.8) is 0 Å². The molecule has 2 aromatic rings. The molecule has 3 rings (SSSR count). The van der Waals surface area contributed by atoms with Gasteiger partial charge in [0.05, 0.1) is 11.3 Å². The minimum atomic E-state index is -0.526. The van der Waals surface area contributed by atoms with Crippen molar-refractivity contribution < 1.29 is 9.18 Å². The molecule has 1 aromatic carbocycles. The van der Waals surface area contributed by atoms with Crippen LogP contribution in [0, 0.1) is 12.7 Å². The van der Waals surface area contributed by atoms with E-state index in [9.17, 15) is 9.18 Å². The molecule has 110 valence electrons. The lowest BCUT2D eigenvalue weighted by molar-refractivity contribution is 0.102. The maximum atomic E-state index is 13.7. The van der Waals surface area contributed by atoms with Gasteiger partial charge in [-0.05, 0) is 38.3 Å². The Morgan fingerprint density at radius 2 is 2.33 bits per heavy atom. The van der Waals surface area contributed by atoms with Gasteiger partial charge in [-0.2, -0.15) is 0 Å². The normalized spacial score (nSPS) is 17.4. The number of rotatable bonds is 2. The molecule has 0 fully saturated rings. The highest BCUT2D eigenvalue weighted by Gasteiger charge is 2.21. The second-order valence-electron chi connectivity index (χ2n) is 5.33. The van der Waals surface area contributed by atoms with Gasteiger partial charge in [-0.15, -0.1) is 11.3 Å². The number of carbonyl (C=O) groups excluding carboxylic acids is 1. The van der Waals surface area contributed by atoms with E-state index in [1.807, 2.05) is 6.92 Å². The van der Waals surface area contributed by atoms with Crippen molar-refractivity contribution in [2.75, 3.05) is 5.32 Å². The van der Waals surface area contributed by atoms with Crippen LogP contribution in [-0.2, 0) is 12.8 Å². The third kappa shape index (κ3) is 2.96. The number of fused-ring (bicyclic) bond motifs is 1. The molecule has 0 bridgehead atoms. The quantitative estimate of drug-likeness (QED) is 0.896.